The Hall–Kier alpha value is -2.16. The number of nitrogens with one attached hydrogen (secondary N) is 2. The summed E-state index contributed by atoms with van der Waals surface area (Å²) in [5, 5.41) is 6.62. The van der Waals surface area contributed by atoms with Gasteiger partial charge in [-0.05, 0) is 48.7 Å². The van der Waals surface area contributed by atoms with Crippen molar-refractivity contribution in [3.05, 3.63) is 53.1 Å². The number of methoxy groups -OCH3 is 3. The summed E-state index contributed by atoms with van der Waals surface area (Å²) < 4.78 is 16.0. The third kappa shape index (κ3) is 6.78. The summed E-state index contributed by atoms with van der Waals surface area (Å²) in [5.74, 6) is 3.06. The highest BCUT2D eigenvalue weighted by atomic mass is 127. The Balaban J connectivity index is 0.00000392. The number of aryl methyl sites for hydroxylation is 1. The molecule has 0 bridgehead atoms. The zero-order valence-electron chi connectivity index (χ0n) is 17.2. The van der Waals surface area contributed by atoms with Gasteiger partial charge in [0.15, 0.2) is 17.5 Å². The second-order valence-electron chi connectivity index (χ2n) is 6.04. The molecule has 0 atom stereocenters. The number of ether oxygens (including phenoxy) is 3. The SMILES string of the molecule is CCNC(=NCc1ccc(OC)c(OC)c1)NCc1ccc(C)c(OC)c1.I. The van der Waals surface area contributed by atoms with E-state index in [0.717, 1.165) is 34.9 Å². The van der Waals surface area contributed by atoms with Crippen LogP contribution in [0.1, 0.15) is 23.6 Å². The molecule has 2 aromatic carbocycles. The van der Waals surface area contributed by atoms with Crippen molar-refractivity contribution < 1.29 is 14.2 Å². The van der Waals surface area contributed by atoms with Crippen molar-refractivity contribution in [2.24, 2.45) is 4.99 Å². The monoisotopic (exact) mass is 499 g/mol. The summed E-state index contributed by atoms with van der Waals surface area (Å²) in [4.78, 5) is 4.66. The lowest BCUT2D eigenvalue weighted by Crippen LogP contribution is -2.36. The zero-order valence-corrected chi connectivity index (χ0v) is 19.5. The van der Waals surface area contributed by atoms with E-state index in [1.165, 1.54) is 0 Å². The van der Waals surface area contributed by atoms with Crippen LogP contribution in [0.25, 0.3) is 0 Å². The lowest BCUT2D eigenvalue weighted by atomic mass is 10.1. The number of rotatable bonds is 8. The smallest absolute Gasteiger partial charge is 0.191 e. The van der Waals surface area contributed by atoms with Crippen molar-refractivity contribution in [1.29, 1.82) is 0 Å². The Morgan fingerprint density at radius 1 is 0.857 bits per heavy atom. The van der Waals surface area contributed by atoms with E-state index in [1.54, 1.807) is 21.3 Å². The van der Waals surface area contributed by atoms with E-state index in [-0.39, 0.29) is 24.0 Å². The molecule has 2 rings (SSSR count). The van der Waals surface area contributed by atoms with Gasteiger partial charge in [0, 0.05) is 13.1 Å². The number of guanidine groups is 1. The Labute approximate surface area is 184 Å². The van der Waals surface area contributed by atoms with Crippen molar-refractivity contribution in [3.8, 4) is 17.2 Å². The molecular formula is C21H30IN3O3. The van der Waals surface area contributed by atoms with Gasteiger partial charge in [-0.1, -0.05) is 18.2 Å². The molecular weight excluding hydrogens is 469 g/mol. The van der Waals surface area contributed by atoms with Gasteiger partial charge in [0.05, 0.1) is 27.9 Å². The van der Waals surface area contributed by atoms with Crippen LogP contribution < -0.4 is 24.8 Å². The molecule has 0 amide bonds. The molecule has 0 saturated heterocycles. The van der Waals surface area contributed by atoms with Crippen LogP contribution in [0.5, 0.6) is 17.2 Å². The molecule has 6 nitrogen and oxygen atoms in total. The van der Waals surface area contributed by atoms with Gasteiger partial charge in [-0.3, -0.25) is 0 Å². The predicted molar refractivity (Wildman–Crippen MR) is 124 cm³/mol. The fourth-order valence-electron chi connectivity index (χ4n) is 2.65. The molecule has 0 aliphatic carbocycles. The van der Waals surface area contributed by atoms with E-state index in [1.807, 2.05) is 38.1 Å². The lowest BCUT2D eigenvalue weighted by Gasteiger charge is -2.13. The van der Waals surface area contributed by atoms with E-state index >= 15 is 0 Å². The van der Waals surface area contributed by atoms with Gasteiger partial charge in [0.25, 0.3) is 0 Å². The fraction of sp³-hybridized carbons (Fsp3) is 0.381. The highest BCUT2D eigenvalue weighted by molar-refractivity contribution is 14.0. The van der Waals surface area contributed by atoms with E-state index in [9.17, 15) is 0 Å². The Morgan fingerprint density at radius 2 is 1.50 bits per heavy atom. The van der Waals surface area contributed by atoms with Crippen LogP contribution in [-0.4, -0.2) is 33.8 Å². The molecule has 0 aliphatic rings. The lowest BCUT2D eigenvalue weighted by molar-refractivity contribution is 0.354. The first-order valence-corrected chi connectivity index (χ1v) is 8.97. The number of nitrogens with zero attached hydrogens (tertiary/aromatic N) is 1. The summed E-state index contributed by atoms with van der Waals surface area (Å²) in [7, 11) is 4.95. The molecule has 0 aliphatic heterocycles. The van der Waals surface area contributed by atoms with Crippen molar-refractivity contribution in [3.63, 3.8) is 0 Å². The fourth-order valence-corrected chi connectivity index (χ4v) is 2.65. The van der Waals surface area contributed by atoms with Crippen LogP contribution in [0.15, 0.2) is 41.4 Å². The second kappa shape index (κ2) is 12.3. The summed E-state index contributed by atoms with van der Waals surface area (Å²) >= 11 is 0. The molecule has 154 valence electrons. The van der Waals surface area contributed by atoms with Crippen LogP contribution in [0, 0.1) is 6.92 Å². The molecule has 0 spiro atoms. The molecule has 0 radical (unpaired) electrons. The minimum absolute atomic E-state index is 0. The van der Waals surface area contributed by atoms with Crippen molar-refractivity contribution >= 4 is 29.9 Å². The van der Waals surface area contributed by atoms with Crippen molar-refractivity contribution in [2.45, 2.75) is 26.9 Å². The molecule has 28 heavy (non-hydrogen) atoms. The molecule has 0 unspecified atom stereocenters. The minimum atomic E-state index is 0. The van der Waals surface area contributed by atoms with E-state index in [0.29, 0.717) is 24.6 Å². The number of benzene rings is 2. The molecule has 0 fully saturated rings. The van der Waals surface area contributed by atoms with E-state index in [2.05, 4.69) is 27.8 Å². The quantitative estimate of drug-likeness (QED) is 0.328. The van der Waals surface area contributed by atoms with Gasteiger partial charge in [-0.2, -0.15) is 0 Å². The number of aliphatic imine (C=N–C) groups is 1. The Kier molecular flexibility index (Phi) is 10.5. The topological polar surface area (TPSA) is 64.1 Å². The van der Waals surface area contributed by atoms with Crippen molar-refractivity contribution in [2.75, 3.05) is 27.9 Å². The third-order valence-electron chi connectivity index (χ3n) is 4.14. The maximum atomic E-state index is 5.39. The number of hydrogen-bond donors (Lipinski definition) is 2. The van der Waals surface area contributed by atoms with Gasteiger partial charge in [-0.25, -0.2) is 4.99 Å². The maximum absolute atomic E-state index is 5.39. The largest absolute Gasteiger partial charge is 0.496 e. The number of hydrogen-bond acceptors (Lipinski definition) is 4. The normalized spacial score (nSPS) is 10.7. The first kappa shape index (κ1) is 23.9. The first-order chi connectivity index (χ1) is 13.1. The van der Waals surface area contributed by atoms with Gasteiger partial charge in [0.1, 0.15) is 5.75 Å². The van der Waals surface area contributed by atoms with E-state index in [4.69, 9.17) is 14.2 Å². The van der Waals surface area contributed by atoms with Gasteiger partial charge < -0.3 is 24.8 Å². The summed E-state index contributed by atoms with van der Waals surface area (Å²) in [6.07, 6.45) is 0. The third-order valence-corrected chi connectivity index (χ3v) is 4.14. The van der Waals surface area contributed by atoms with Gasteiger partial charge >= 0.3 is 0 Å². The first-order valence-electron chi connectivity index (χ1n) is 8.97. The summed E-state index contributed by atoms with van der Waals surface area (Å²) in [6, 6.07) is 12.0. The molecule has 2 aromatic rings. The average molecular weight is 499 g/mol. The highest BCUT2D eigenvalue weighted by Gasteiger charge is 2.05. The van der Waals surface area contributed by atoms with Crippen LogP contribution in [-0.2, 0) is 13.1 Å². The van der Waals surface area contributed by atoms with E-state index < -0.39 is 0 Å². The minimum Gasteiger partial charge on any atom is -0.496 e. The standard InChI is InChI=1S/C21H29N3O3.HI/c1-6-22-21(23-13-16-8-7-15(2)19(11-16)26-4)24-14-17-9-10-18(25-3)20(12-17)27-5;/h7-12H,6,13-14H2,1-5H3,(H2,22,23,24);1H. The Morgan fingerprint density at radius 3 is 2.14 bits per heavy atom. The number of halogens is 1. The predicted octanol–water partition coefficient (Wildman–Crippen LogP) is 3.89. The highest BCUT2D eigenvalue weighted by Crippen LogP contribution is 2.27. The molecule has 7 heteroatoms. The zero-order chi connectivity index (χ0) is 19.6. The Bertz CT molecular complexity index is 781. The molecule has 0 heterocycles. The maximum Gasteiger partial charge on any atom is 0.191 e. The molecule has 2 N–H and O–H groups in total. The summed E-state index contributed by atoms with van der Waals surface area (Å²) in [5.41, 5.74) is 3.30. The van der Waals surface area contributed by atoms with Crippen LogP contribution in [0.2, 0.25) is 0 Å². The van der Waals surface area contributed by atoms with Crippen LogP contribution in [0.4, 0.5) is 0 Å². The second-order valence-corrected chi connectivity index (χ2v) is 6.04. The average Bonchev–Trinajstić information content (AvgIpc) is 2.70. The van der Waals surface area contributed by atoms with Crippen LogP contribution >= 0.6 is 24.0 Å². The molecule has 0 saturated carbocycles. The van der Waals surface area contributed by atoms with Gasteiger partial charge in [0.2, 0.25) is 0 Å². The summed E-state index contributed by atoms with van der Waals surface area (Å²) in [6.45, 7) is 6.06. The van der Waals surface area contributed by atoms with Crippen molar-refractivity contribution in [1.82, 2.24) is 10.6 Å². The van der Waals surface area contributed by atoms with Crippen LogP contribution in [0.3, 0.4) is 0 Å². The van der Waals surface area contributed by atoms with Gasteiger partial charge in [-0.15, -0.1) is 24.0 Å². The molecule has 0 aromatic heterocycles.